The van der Waals surface area contributed by atoms with Crippen molar-refractivity contribution in [2.24, 2.45) is 7.05 Å². The fourth-order valence-corrected chi connectivity index (χ4v) is 1.87. The van der Waals surface area contributed by atoms with Crippen molar-refractivity contribution in [2.75, 3.05) is 5.32 Å². The topological polar surface area (TPSA) is 46.9 Å². The zero-order chi connectivity index (χ0) is 12.4. The van der Waals surface area contributed by atoms with E-state index in [9.17, 15) is 4.79 Å². The lowest BCUT2D eigenvalue weighted by Crippen LogP contribution is -2.11. The Balaban J connectivity index is 2.21. The molecule has 0 radical (unpaired) electrons. The zero-order valence-corrected chi connectivity index (χ0v) is 11.3. The van der Waals surface area contributed by atoms with E-state index in [0.29, 0.717) is 20.7 Å². The summed E-state index contributed by atoms with van der Waals surface area (Å²) < 4.78 is 2.24. The number of carbonyl (C=O) groups is 1. The molecule has 1 amide bonds. The maximum Gasteiger partial charge on any atom is 0.258 e. The van der Waals surface area contributed by atoms with Crippen molar-refractivity contribution >= 4 is 39.1 Å². The quantitative estimate of drug-likeness (QED) is 0.926. The molecule has 1 heterocycles. The number of rotatable bonds is 2. The number of carbonyl (C=O) groups excluding carboxylic acids is 1. The van der Waals surface area contributed by atoms with Gasteiger partial charge in [0.2, 0.25) is 0 Å². The minimum absolute atomic E-state index is 0.221. The molecule has 17 heavy (non-hydrogen) atoms. The number of nitrogens with one attached hydrogen (secondary N) is 1. The van der Waals surface area contributed by atoms with Crippen LogP contribution in [0.3, 0.4) is 0 Å². The molecule has 1 N–H and O–H groups in total. The van der Waals surface area contributed by atoms with Gasteiger partial charge in [0, 0.05) is 13.2 Å². The second-order valence-electron chi connectivity index (χ2n) is 3.46. The average molecular weight is 315 g/mol. The molecule has 0 aliphatic carbocycles. The molecular weight excluding hydrogens is 305 g/mol. The third kappa shape index (κ3) is 2.68. The predicted molar refractivity (Wildman–Crippen MR) is 70.3 cm³/mol. The fourth-order valence-electron chi connectivity index (χ4n) is 1.33. The summed E-state index contributed by atoms with van der Waals surface area (Å²) in [6.45, 7) is 0. The molecule has 0 saturated carbocycles. The number of hydrogen-bond acceptors (Lipinski definition) is 2. The molecule has 0 bridgehead atoms. The standard InChI is InChI=1S/C11H9BrClN3O/c1-16-6-7(5-14-16)11(17)15-9-4-2-3-8(13)10(9)12/h2-6H,1H3,(H,15,17). The first-order valence-corrected chi connectivity index (χ1v) is 5.99. The van der Waals surface area contributed by atoms with Crippen molar-refractivity contribution < 1.29 is 4.79 Å². The summed E-state index contributed by atoms with van der Waals surface area (Å²) in [6.07, 6.45) is 3.15. The van der Waals surface area contributed by atoms with Crippen molar-refractivity contribution in [2.45, 2.75) is 0 Å². The van der Waals surface area contributed by atoms with E-state index in [0.717, 1.165) is 0 Å². The SMILES string of the molecule is Cn1cc(C(=O)Nc2cccc(Cl)c2Br)cn1. The molecule has 0 unspecified atom stereocenters. The monoisotopic (exact) mass is 313 g/mol. The number of aromatic nitrogens is 2. The van der Waals surface area contributed by atoms with Crippen LogP contribution in [0.4, 0.5) is 5.69 Å². The molecule has 0 fully saturated rings. The average Bonchev–Trinajstić information content (AvgIpc) is 2.72. The van der Waals surface area contributed by atoms with Gasteiger partial charge < -0.3 is 5.32 Å². The van der Waals surface area contributed by atoms with Gasteiger partial charge in [-0.2, -0.15) is 5.10 Å². The second-order valence-corrected chi connectivity index (χ2v) is 4.66. The maximum atomic E-state index is 11.9. The van der Waals surface area contributed by atoms with Gasteiger partial charge in [0.15, 0.2) is 0 Å². The molecule has 2 rings (SSSR count). The molecule has 0 saturated heterocycles. The Bertz CT molecular complexity index is 568. The van der Waals surface area contributed by atoms with Gasteiger partial charge in [-0.05, 0) is 28.1 Å². The molecular formula is C11H9BrClN3O. The van der Waals surface area contributed by atoms with Crippen LogP contribution in [-0.2, 0) is 7.05 Å². The van der Waals surface area contributed by atoms with E-state index in [1.165, 1.54) is 6.20 Å². The Morgan fingerprint density at radius 3 is 2.94 bits per heavy atom. The Kier molecular flexibility index (Phi) is 3.49. The maximum absolute atomic E-state index is 11.9. The minimum atomic E-state index is -0.221. The van der Waals surface area contributed by atoms with Crippen LogP contribution in [0.25, 0.3) is 0 Å². The van der Waals surface area contributed by atoms with E-state index < -0.39 is 0 Å². The molecule has 0 spiro atoms. The highest BCUT2D eigenvalue weighted by Gasteiger charge is 2.11. The number of amides is 1. The molecule has 2 aromatic rings. The van der Waals surface area contributed by atoms with E-state index in [1.807, 2.05) is 0 Å². The van der Waals surface area contributed by atoms with E-state index in [-0.39, 0.29) is 5.91 Å². The van der Waals surface area contributed by atoms with Crippen molar-refractivity contribution in [3.8, 4) is 0 Å². The molecule has 0 aliphatic heterocycles. The smallest absolute Gasteiger partial charge is 0.258 e. The Morgan fingerprint density at radius 1 is 1.53 bits per heavy atom. The largest absolute Gasteiger partial charge is 0.321 e. The molecule has 88 valence electrons. The molecule has 1 aromatic carbocycles. The van der Waals surface area contributed by atoms with E-state index in [2.05, 4.69) is 26.3 Å². The van der Waals surface area contributed by atoms with Crippen LogP contribution in [0.1, 0.15) is 10.4 Å². The van der Waals surface area contributed by atoms with Gasteiger partial charge >= 0.3 is 0 Å². The third-order valence-electron chi connectivity index (χ3n) is 2.17. The lowest BCUT2D eigenvalue weighted by atomic mass is 10.3. The highest BCUT2D eigenvalue weighted by molar-refractivity contribution is 9.10. The second kappa shape index (κ2) is 4.89. The van der Waals surface area contributed by atoms with Crippen LogP contribution >= 0.6 is 27.5 Å². The zero-order valence-electron chi connectivity index (χ0n) is 8.95. The molecule has 4 nitrogen and oxygen atoms in total. The van der Waals surface area contributed by atoms with Gasteiger partial charge in [0.1, 0.15) is 0 Å². The third-order valence-corrected chi connectivity index (χ3v) is 3.56. The van der Waals surface area contributed by atoms with Gasteiger partial charge in [0.05, 0.1) is 26.9 Å². The number of hydrogen-bond donors (Lipinski definition) is 1. The first-order valence-electron chi connectivity index (χ1n) is 4.82. The van der Waals surface area contributed by atoms with Gasteiger partial charge in [0.25, 0.3) is 5.91 Å². The predicted octanol–water partition coefficient (Wildman–Crippen LogP) is 3.09. The van der Waals surface area contributed by atoms with Gasteiger partial charge in [-0.15, -0.1) is 0 Å². The van der Waals surface area contributed by atoms with Crippen molar-refractivity contribution in [1.82, 2.24) is 9.78 Å². The Labute approximate surface area is 112 Å². The Hall–Kier alpha value is -1.33. The number of halogens is 2. The van der Waals surface area contributed by atoms with E-state index in [1.54, 1.807) is 36.1 Å². The van der Waals surface area contributed by atoms with Crippen molar-refractivity contribution in [3.05, 3.63) is 45.7 Å². The number of benzene rings is 1. The summed E-state index contributed by atoms with van der Waals surface area (Å²) >= 11 is 9.25. The van der Waals surface area contributed by atoms with Crippen molar-refractivity contribution in [3.63, 3.8) is 0 Å². The number of aryl methyl sites for hydroxylation is 1. The summed E-state index contributed by atoms with van der Waals surface area (Å²) in [5.41, 5.74) is 1.13. The molecule has 0 aliphatic rings. The summed E-state index contributed by atoms with van der Waals surface area (Å²) in [5.74, 6) is -0.221. The van der Waals surface area contributed by atoms with E-state index in [4.69, 9.17) is 11.6 Å². The molecule has 1 aromatic heterocycles. The molecule has 6 heteroatoms. The lowest BCUT2D eigenvalue weighted by Gasteiger charge is -2.06. The van der Waals surface area contributed by atoms with Gasteiger partial charge in [-0.3, -0.25) is 9.48 Å². The Morgan fingerprint density at radius 2 is 2.29 bits per heavy atom. The lowest BCUT2D eigenvalue weighted by molar-refractivity contribution is 0.102. The first-order chi connectivity index (χ1) is 8.08. The van der Waals surface area contributed by atoms with Crippen LogP contribution < -0.4 is 5.32 Å². The highest BCUT2D eigenvalue weighted by atomic mass is 79.9. The fraction of sp³-hybridized carbons (Fsp3) is 0.0909. The summed E-state index contributed by atoms with van der Waals surface area (Å²) in [6, 6.07) is 5.28. The van der Waals surface area contributed by atoms with Gasteiger partial charge in [-0.25, -0.2) is 0 Å². The minimum Gasteiger partial charge on any atom is -0.321 e. The van der Waals surface area contributed by atoms with Crippen LogP contribution in [0.5, 0.6) is 0 Å². The van der Waals surface area contributed by atoms with Crippen LogP contribution in [-0.4, -0.2) is 15.7 Å². The number of anilines is 1. The van der Waals surface area contributed by atoms with Crippen LogP contribution in [0.15, 0.2) is 35.1 Å². The normalized spacial score (nSPS) is 10.3. The summed E-state index contributed by atoms with van der Waals surface area (Å²) in [4.78, 5) is 11.9. The van der Waals surface area contributed by atoms with E-state index >= 15 is 0 Å². The van der Waals surface area contributed by atoms with Crippen LogP contribution in [0.2, 0.25) is 5.02 Å². The first kappa shape index (κ1) is 12.1. The van der Waals surface area contributed by atoms with Crippen LogP contribution in [0, 0.1) is 0 Å². The highest BCUT2D eigenvalue weighted by Crippen LogP contribution is 2.30. The summed E-state index contributed by atoms with van der Waals surface area (Å²) in [5, 5.41) is 7.24. The van der Waals surface area contributed by atoms with Crippen molar-refractivity contribution in [1.29, 1.82) is 0 Å². The summed E-state index contributed by atoms with van der Waals surface area (Å²) in [7, 11) is 1.76. The van der Waals surface area contributed by atoms with Gasteiger partial charge in [-0.1, -0.05) is 17.7 Å². The number of nitrogens with zero attached hydrogens (tertiary/aromatic N) is 2. The molecule has 0 atom stereocenters.